The van der Waals surface area contributed by atoms with Crippen LogP contribution in [0.2, 0.25) is 0 Å². The second-order valence-electron chi connectivity index (χ2n) is 6.45. The molecule has 1 saturated heterocycles. The molecule has 2 nitrogen and oxygen atoms in total. The zero-order valence-electron chi connectivity index (χ0n) is 11.9. The van der Waals surface area contributed by atoms with Crippen LogP contribution in [0.4, 0.5) is 0 Å². The number of hydrogen-bond donors (Lipinski definition) is 0. The molecule has 2 rings (SSSR count). The van der Waals surface area contributed by atoms with Gasteiger partial charge >= 0.3 is 0 Å². The van der Waals surface area contributed by atoms with Crippen LogP contribution in [0.3, 0.4) is 0 Å². The minimum atomic E-state index is 0.368. The quantitative estimate of drug-likeness (QED) is 0.806. The summed E-state index contributed by atoms with van der Waals surface area (Å²) in [6.45, 7) is 10.4. The van der Waals surface area contributed by atoms with Gasteiger partial charge in [-0.3, -0.25) is 4.90 Å². The Balaban J connectivity index is 1.75. The van der Waals surface area contributed by atoms with Gasteiger partial charge < -0.3 is 4.74 Å². The predicted octanol–water partition coefficient (Wildman–Crippen LogP) is 3.58. The Hall–Kier alpha value is -1.02. The lowest BCUT2D eigenvalue weighted by Crippen LogP contribution is -2.28. The molecule has 2 heteroatoms. The van der Waals surface area contributed by atoms with Crippen molar-refractivity contribution in [3.05, 3.63) is 30.3 Å². The van der Waals surface area contributed by atoms with Gasteiger partial charge in [-0.25, -0.2) is 0 Å². The molecule has 0 radical (unpaired) electrons. The first-order valence-electron chi connectivity index (χ1n) is 6.97. The first-order valence-corrected chi connectivity index (χ1v) is 6.97. The van der Waals surface area contributed by atoms with Crippen LogP contribution >= 0.6 is 0 Å². The maximum Gasteiger partial charge on any atom is 0.119 e. The Morgan fingerprint density at radius 3 is 2.61 bits per heavy atom. The summed E-state index contributed by atoms with van der Waals surface area (Å²) in [7, 11) is 0. The Labute approximate surface area is 111 Å². The van der Waals surface area contributed by atoms with E-state index in [0.717, 1.165) is 18.7 Å². The molecule has 0 N–H and O–H groups in total. The van der Waals surface area contributed by atoms with E-state index in [4.69, 9.17) is 4.74 Å². The number of likely N-dealkylation sites (tertiary alicyclic amines) is 1. The molecule has 1 unspecified atom stereocenters. The van der Waals surface area contributed by atoms with Crippen molar-refractivity contribution in [2.24, 2.45) is 5.41 Å². The molecule has 0 aromatic heterocycles. The van der Waals surface area contributed by atoms with Gasteiger partial charge in [0.1, 0.15) is 11.9 Å². The molecule has 100 valence electrons. The molecule has 0 aliphatic carbocycles. The fourth-order valence-corrected chi connectivity index (χ4v) is 2.28. The summed E-state index contributed by atoms with van der Waals surface area (Å²) < 4.78 is 6.00. The van der Waals surface area contributed by atoms with Crippen LogP contribution in [-0.4, -0.2) is 30.6 Å². The highest BCUT2D eigenvalue weighted by Gasteiger charge is 2.24. The summed E-state index contributed by atoms with van der Waals surface area (Å²) in [5.74, 6) is 1.00. The lowest BCUT2D eigenvalue weighted by Gasteiger charge is -2.23. The first-order chi connectivity index (χ1) is 8.53. The van der Waals surface area contributed by atoms with Gasteiger partial charge in [0, 0.05) is 13.1 Å². The monoisotopic (exact) mass is 247 g/mol. The van der Waals surface area contributed by atoms with Crippen molar-refractivity contribution in [2.45, 2.75) is 39.7 Å². The summed E-state index contributed by atoms with van der Waals surface area (Å²) >= 11 is 0. The van der Waals surface area contributed by atoms with Gasteiger partial charge in [-0.15, -0.1) is 0 Å². The van der Waals surface area contributed by atoms with E-state index >= 15 is 0 Å². The molecule has 0 bridgehead atoms. The predicted molar refractivity (Wildman–Crippen MR) is 76.0 cm³/mol. The third-order valence-electron chi connectivity index (χ3n) is 3.45. The van der Waals surface area contributed by atoms with E-state index in [1.165, 1.54) is 19.5 Å². The number of hydrogen-bond acceptors (Lipinski definition) is 2. The van der Waals surface area contributed by atoms with E-state index in [1.807, 2.05) is 30.3 Å². The largest absolute Gasteiger partial charge is 0.489 e. The van der Waals surface area contributed by atoms with Crippen molar-refractivity contribution in [2.75, 3.05) is 19.6 Å². The van der Waals surface area contributed by atoms with E-state index in [2.05, 4.69) is 25.7 Å². The van der Waals surface area contributed by atoms with Crippen LogP contribution < -0.4 is 4.74 Å². The Kier molecular flexibility index (Phi) is 4.28. The molecule has 1 heterocycles. The van der Waals surface area contributed by atoms with Gasteiger partial charge in [0.2, 0.25) is 0 Å². The highest BCUT2D eigenvalue weighted by Crippen LogP contribution is 2.22. The number of benzene rings is 1. The molecular formula is C16H25NO. The molecule has 1 aromatic carbocycles. The van der Waals surface area contributed by atoms with E-state index in [-0.39, 0.29) is 0 Å². The zero-order chi connectivity index (χ0) is 13.0. The average Bonchev–Trinajstić information content (AvgIpc) is 2.75. The summed E-state index contributed by atoms with van der Waals surface area (Å²) in [4.78, 5) is 2.53. The van der Waals surface area contributed by atoms with E-state index < -0.39 is 0 Å². The second-order valence-corrected chi connectivity index (χ2v) is 6.45. The summed E-state index contributed by atoms with van der Waals surface area (Å²) in [6.07, 6.45) is 2.77. The van der Waals surface area contributed by atoms with Gasteiger partial charge in [-0.2, -0.15) is 0 Å². The summed E-state index contributed by atoms with van der Waals surface area (Å²) in [5.41, 5.74) is 0.429. The minimum Gasteiger partial charge on any atom is -0.489 e. The van der Waals surface area contributed by atoms with Gasteiger partial charge in [0.05, 0.1) is 0 Å². The van der Waals surface area contributed by atoms with Crippen molar-refractivity contribution < 1.29 is 4.74 Å². The van der Waals surface area contributed by atoms with E-state index in [1.54, 1.807) is 0 Å². The molecule has 1 atom stereocenters. The van der Waals surface area contributed by atoms with Gasteiger partial charge in [-0.05, 0) is 36.9 Å². The van der Waals surface area contributed by atoms with Crippen LogP contribution in [0.25, 0.3) is 0 Å². The number of nitrogens with zero attached hydrogens (tertiary/aromatic N) is 1. The van der Waals surface area contributed by atoms with Crippen LogP contribution in [0, 0.1) is 5.41 Å². The summed E-state index contributed by atoms with van der Waals surface area (Å²) in [6, 6.07) is 10.2. The maximum atomic E-state index is 6.00. The van der Waals surface area contributed by atoms with Crippen LogP contribution in [0.5, 0.6) is 5.75 Å². The topological polar surface area (TPSA) is 12.5 Å². The molecule has 1 aromatic rings. The van der Waals surface area contributed by atoms with Crippen molar-refractivity contribution in [3.63, 3.8) is 0 Å². The van der Waals surface area contributed by atoms with Gasteiger partial charge in [0.25, 0.3) is 0 Å². The van der Waals surface area contributed by atoms with E-state index in [9.17, 15) is 0 Å². The number of rotatable bonds is 4. The molecule has 0 saturated carbocycles. The second kappa shape index (κ2) is 5.75. The van der Waals surface area contributed by atoms with Crippen molar-refractivity contribution in [3.8, 4) is 5.75 Å². The van der Waals surface area contributed by atoms with E-state index in [0.29, 0.717) is 11.5 Å². The van der Waals surface area contributed by atoms with Gasteiger partial charge in [-0.1, -0.05) is 39.0 Å². The highest BCUT2D eigenvalue weighted by molar-refractivity contribution is 5.21. The molecular weight excluding hydrogens is 222 g/mol. The fraction of sp³-hybridized carbons (Fsp3) is 0.625. The standard InChI is InChI=1S/C16H25NO/c1-16(2,3)10-12-17-11-9-15(13-17)18-14-7-5-4-6-8-14/h4-8,15H,9-13H2,1-3H3. The maximum absolute atomic E-state index is 6.00. The molecule has 1 aliphatic heterocycles. The van der Waals surface area contributed by atoms with Crippen molar-refractivity contribution >= 4 is 0 Å². The third kappa shape index (κ3) is 4.34. The first kappa shape index (κ1) is 13.4. The Bertz CT molecular complexity index is 355. The lowest BCUT2D eigenvalue weighted by molar-refractivity contribution is 0.192. The fourth-order valence-electron chi connectivity index (χ4n) is 2.28. The zero-order valence-corrected chi connectivity index (χ0v) is 11.9. The smallest absolute Gasteiger partial charge is 0.119 e. The minimum absolute atomic E-state index is 0.368. The Morgan fingerprint density at radius 2 is 1.94 bits per heavy atom. The van der Waals surface area contributed by atoms with Crippen molar-refractivity contribution in [1.29, 1.82) is 0 Å². The molecule has 0 amide bonds. The normalized spacial score (nSPS) is 21.2. The van der Waals surface area contributed by atoms with Crippen LogP contribution in [-0.2, 0) is 0 Å². The molecule has 1 aliphatic rings. The SMILES string of the molecule is CC(C)(C)CCN1CCC(Oc2ccccc2)C1. The lowest BCUT2D eigenvalue weighted by atomic mass is 9.92. The third-order valence-corrected chi connectivity index (χ3v) is 3.45. The van der Waals surface area contributed by atoms with Crippen LogP contribution in [0.1, 0.15) is 33.6 Å². The molecule has 18 heavy (non-hydrogen) atoms. The number of para-hydroxylation sites is 1. The number of ether oxygens (including phenoxy) is 1. The van der Waals surface area contributed by atoms with Crippen LogP contribution in [0.15, 0.2) is 30.3 Å². The molecule has 0 spiro atoms. The average molecular weight is 247 g/mol. The Morgan fingerprint density at radius 1 is 1.22 bits per heavy atom. The van der Waals surface area contributed by atoms with Crippen molar-refractivity contribution in [1.82, 2.24) is 4.90 Å². The molecule has 1 fully saturated rings. The summed E-state index contributed by atoms with van der Waals surface area (Å²) in [5, 5.41) is 0. The van der Waals surface area contributed by atoms with Gasteiger partial charge in [0.15, 0.2) is 0 Å². The highest BCUT2D eigenvalue weighted by atomic mass is 16.5.